The lowest BCUT2D eigenvalue weighted by Gasteiger charge is -2.17. The summed E-state index contributed by atoms with van der Waals surface area (Å²) >= 11 is 3.40. The predicted octanol–water partition coefficient (Wildman–Crippen LogP) is 4.05. The number of hydrogen-bond acceptors (Lipinski definition) is 2. The van der Waals surface area contributed by atoms with Crippen molar-refractivity contribution in [3.63, 3.8) is 0 Å². The maximum Gasteiger partial charge on any atom is 0.227 e. The van der Waals surface area contributed by atoms with Gasteiger partial charge in [-0.2, -0.15) is 0 Å². The summed E-state index contributed by atoms with van der Waals surface area (Å²) in [5, 5.41) is 0. The highest BCUT2D eigenvalue weighted by molar-refractivity contribution is 9.10. The number of ether oxygens (including phenoxy) is 1. The van der Waals surface area contributed by atoms with Gasteiger partial charge in [-0.05, 0) is 42.3 Å². The first-order valence-corrected chi connectivity index (χ1v) is 8.08. The minimum Gasteiger partial charge on any atom is -0.494 e. The second-order valence-corrected chi connectivity index (χ2v) is 6.05. The summed E-state index contributed by atoms with van der Waals surface area (Å²) in [4.78, 5) is 14.0. The predicted molar refractivity (Wildman–Crippen MR) is 91.9 cm³/mol. The molecular weight excluding hydrogens is 342 g/mol. The zero-order valence-corrected chi connectivity index (χ0v) is 14.5. The van der Waals surface area contributed by atoms with Gasteiger partial charge in [0, 0.05) is 18.1 Å². The molecule has 116 valence electrons. The number of carbonyl (C=O) groups is 1. The number of amides is 1. The minimum atomic E-state index is 0.108. The van der Waals surface area contributed by atoms with Crippen LogP contribution in [-0.4, -0.2) is 24.5 Å². The second kappa shape index (κ2) is 7.99. The fourth-order valence-electron chi connectivity index (χ4n) is 2.13. The lowest BCUT2D eigenvalue weighted by Crippen LogP contribution is -2.27. The normalized spacial score (nSPS) is 10.3. The first-order chi connectivity index (χ1) is 10.6. The van der Waals surface area contributed by atoms with Crippen molar-refractivity contribution in [2.75, 3.05) is 13.7 Å². The third-order valence-electron chi connectivity index (χ3n) is 3.35. The highest BCUT2D eigenvalue weighted by atomic mass is 79.9. The van der Waals surface area contributed by atoms with E-state index in [0.717, 1.165) is 21.3 Å². The van der Waals surface area contributed by atoms with Gasteiger partial charge in [-0.1, -0.05) is 40.2 Å². The number of likely N-dealkylation sites (N-methyl/N-ethyl adjacent to an activating group) is 1. The van der Waals surface area contributed by atoms with E-state index in [9.17, 15) is 4.79 Å². The van der Waals surface area contributed by atoms with Crippen LogP contribution in [0.4, 0.5) is 0 Å². The molecule has 2 rings (SSSR count). The van der Waals surface area contributed by atoms with Crippen LogP contribution in [0.5, 0.6) is 5.75 Å². The van der Waals surface area contributed by atoms with Crippen molar-refractivity contribution in [1.82, 2.24) is 4.90 Å². The van der Waals surface area contributed by atoms with Gasteiger partial charge < -0.3 is 9.64 Å². The van der Waals surface area contributed by atoms with E-state index >= 15 is 0 Å². The molecule has 0 atom stereocenters. The van der Waals surface area contributed by atoms with E-state index in [0.29, 0.717) is 19.6 Å². The standard InChI is InChI=1S/C18H20BrNO2/c1-3-22-17-10-6-15(7-11-17)13-20(2)18(21)12-14-4-8-16(19)9-5-14/h4-11H,3,12-13H2,1-2H3. The number of rotatable bonds is 6. The van der Waals surface area contributed by atoms with Crippen molar-refractivity contribution in [3.8, 4) is 5.75 Å². The Labute approximate surface area is 140 Å². The van der Waals surface area contributed by atoms with Gasteiger partial charge in [0.25, 0.3) is 0 Å². The number of nitrogens with zero attached hydrogens (tertiary/aromatic N) is 1. The lowest BCUT2D eigenvalue weighted by molar-refractivity contribution is -0.129. The molecule has 0 aliphatic rings. The van der Waals surface area contributed by atoms with Crippen LogP contribution in [0.1, 0.15) is 18.1 Å². The average Bonchev–Trinajstić information content (AvgIpc) is 2.51. The molecule has 0 radical (unpaired) electrons. The largest absolute Gasteiger partial charge is 0.494 e. The fraction of sp³-hybridized carbons (Fsp3) is 0.278. The molecule has 0 aliphatic heterocycles. The average molecular weight is 362 g/mol. The summed E-state index contributed by atoms with van der Waals surface area (Å²) in [5.74, 6) is 0.964. The molecule has 0 fully saturated rings. The highest BCUT2D eigenvalue weighted by Gasteiger charge is 2.10. The molecule has 0 aromatic heterocycles. The van der Waals surface area contributed by atoms with Gasteiger partial charge in [0.15, 0.2) is 0 Å². The quantitative estimate of drug-likeness (QED) is 0.776. The maximum atomic E-state index is 12.3. The van der Waals surface area contributed by atoms with E-state index in [1.807, 2.05) is 62.5 Å². The molecule has 1 amide bonds. The van der Waals surface area contributed by atoms with Gasteiger partial charge in [-0.25, -0.2) is 0 Å². The van der Waals surface area contributed by atoms with Crippen molar-refractivity contribution in [2.45, 2.75) is 19.9 Å². The van der Waals surface area contributed by atoms with E-state index < -0.39 is 0 Å². The van der Waals surface area contributed by atoms with Crippen LogP contribution in [0, 0.1) is 0 Å². The van der Waals surface area contributed by atoms with Gasteiger partial charge in [-0.3, -0.25) is 4.79 Å². The summed E-state index contributed by atoms with van der Waals surface area (Å²) in [6, 6.07) is 15.7. The summed E-state index contributed by atoms with van der Waals surface area (Å²) in [6.07, 6.45) is 0.417. The molecule has 0 unspecified atom stereocenters. The molecule has 0 spiro atoms. The maximum absolute atomic E-state index is 12.3. The van der Waals surface area contributed by atoms with Crippen molar-refractivity contribution in [3.05, 3.63) is 64.1 Å². The van der Waals surface area contributed by atoms with Crippen molar-refractivity contribution in [1.29, 1.82) is 0 Å². The highest BCUT2D eigenvalue weighted by Crippen LogP contribution is 2.15. The van der Waals surface area contributed by atoms with Gasteiger partial charge in [0.1, 0.15) is 5.75 Å². The van der Waals surface area contributed by atoms with Crippen LogP contribution >= 0.6 is 15.9 Å². The molecule has 0 bridgehead atoms. The third-order valence-corrected chi connectivity index (χ3v) is 3.88. The molecule has 0 saturated carbocycles. The molecular formula is C18H20BrNO2. The molecule has 0 heterocycles. The van der Waals surface area contributed by atoms with E-state index in [1.54, 1.807) is 4.90 Å². The Balaban J connectivity index is 1.91. The summed E-state index contributed by atoms with van der Waals surface area (Å²) in [7, 11) is 1.83. The second-order valence-electron chi connectivity index (χ2n) is 5.13. The van der Waals surface area contributed by atoms with Crippen LogP contribution in [-0.2, 0) is 17.8 Å². The smallest absolute Gasteiger partial charge is 0.227 e. The number of benzene rings is 2. The van der Waals surface area contributed by atoms with E-state index in [-0.39, 0.29) is 5.91 Å². The van der Waals surface area contributed by atoms with Crippen LogP contribution in [0.15, 0.2) is 53.0 Å². The molecule has 0 N–H and O–H groups in total. The summed E-state index contributed by atoms with van der Waals surface area (Å²) < 4.78 is 6.44. The molecule has 0 aliphatic carbocycles. The van der Waals surface area contributed by atoms with Crippen molar-refractivity contribution < 1.29 is 9.53 Å². The molecule has 0 saturated heterocycles. The Hall–Kier alpha value is -1.81. The topological polar surface area (TPSA) is 29.5 Å². The van der Waals surface area contributed by atoms with Gasteiger partial charge in [0.05, 0.1) is 13.0 Å². The van der Waals surface area contributed by atoms with Crippen molar-refractivity contribution >= 4 is 21.8 Å². The molecule has 4 heteroatoms. The fourth-order valence-corrected chi connectivity index (χ4v) is 2.40. The lowest BCUT2D eigenvalue weighted by atomic mass is 10.1. The van der Waals surface area contributed by atoms with Gasteiger partial charge in [-0.15, -0.1) is 0 Å². The molecule has 2 aromatic rings. The molecule has 3 nitrogen and oxygen atoms in total. The number of carbonyl (C=O) groups excluding carboxylic acids is 1. The Bertz CT molecular complexity index is 608. The monoisotopic (exact) mass is 361 g/mol. The van der Waals surface area contributed by atoms with Crippen molar-refractivity contribution in [2.24, 2.45) is 0 Å². The van der Waals surface area contributed by atoms with Gasteiger partial charge >= 0.3 is 0 Å². The summed E-state index contributed by atoms with van der Waals surface area (Å²) in [6.45, 7) is 3.22. The Morgan fingerprint density at radius 3 is 2.23 bits per heavy atom. The molecule has 22 heavy (non-hydrogen) atoms. The van der Waals surface area contributed by atoms with E-state index in [4.69, 9.17) is 4.74 Å². The minimum absolute atomic E-state index is 0.108. The third kappa shape index (κ3) is 4.88. The van der Waals surface area contributed by atoms with Crippen LogP contribution in [0.25, 0.3) is 0 Å². The molecule has 2 aromatic carbocycles. The van der Waals surface area contributed by atoms with Crippen LogP contribution in [0.2, 0.25) is 0 Å². The SMILES string of the molecule is CCOc1ccc(CN(C)C(=O)Cc2ccc(Br)cc2)cc1. The van der Waals surface area contributed by atoms with E-state index in [1.165, 1.54) is 0 Å². The first-order valence-electron chi connectivity index (χ1n) is 7.28. The zero-order valence-electron chi connectivity index (χ0n) is 12.9. The number of hydrogen-bond donors (Lipinski definition) is 0. The zero-order chi connectivity index (χ0) is 15.9. The summed E-state index contributed by atoms with van der Waals surface area (Å²) in [5.41, 5.74) is 2.11. The van der Waals surface area contributed by atoms with Crippen LogP contribution < -0.4 is 4.74 Å². The Morgan fingerprint density at radius 1 is 1.05 bits per heavy atom. The first kappa shape index (κ1) is 16.6. The Morgan fingerprint density at radius 2 is 1.64 bits per heavy atom. The number of halogens is 1. The Kier molecular flexibility index (Phi) is 6.01. The van der Waals surface area contributed by atoms with Crippen LogP contribution in [0.3, 0.4) is 0 Å². The van der Waals surface area contributed by atoms with E-state index in [2.05, 4.69) is 15.9 Å². The van der Waals surface area contributed by atoms with Gasteiger partial charge in [0.2, 0.25) is 5.91 Å².